The van der Waals surface area contributed by atoms with Gasteiger partial charge in [0, 0.05) is 34.3 Å². The van der Waals surface area contributed by atoms with Crippen LogP contribution in [-0.4, -0.2) is 18.8 Å². The van der Waals surface area contributed by atoms with Crippen molar-refractivity contribution in [2.45, 2.75) is 31.1 Å². The van der Waals surface area contributed by atoms with Gasteiger partial charge in [-0.2, -0.15) is 8.42 Å². The maximum Gasteiger partial charge on any atom is 0.295 e. The van der Waals surface area contributed by atoms with Gasteiger partial charge >= 0.3 is 0 Å². The van der Waals surface area contributed by atoms with Gasteiger partial charge in [-0.15, -0.1) is 0 Å². The summed E-state index contributed by atoms with van der Waals surface area (Å²) in [5.74, 6) is 0.413. The largest absolute Gasteiger partial charge is 0.460 e. The fraction of sp³-hybridized carbons (Fsp3) is 0.160. The number of hydrogen-bond donors (Lipinski definition) is 3. The molecule has 0 atom stereocenters. The number of hydrogen-bond acceptors (Lipinski definition) is 6. The Balaban J connectivity index is 1.77. The minimum atomic E-state index is -4.45. The first-order valence-corrected chi connectivity index (χ1v) is 12.0. The molecule has 0 aliphatic carbocycles. The molecule has 1 aromatic heterocycles. The highest BCUT2D eigenvalue weighted by Gasteiger charge is 2.23. The van der Waals surface area contributed by atoms with Crippen molar-refractivity contribution in [3.63, 3.8) is 0 Å². The Morgan fingerprint density at radius 1 is 0.970 bits per heavy atom. The van der Waals surface area contributed by atoms with Gasteiger partial charge in [-0.25, -0.2) is 0 Å². The van der Waals surface area contributed by atoms with Gasteiger partial charge in [0.1, 0.15) is 16.2 Å². The van der Waals surface area contributed by atoms with Crippen LogP contribution >= 0.6 is 0 Å². The molecule has 33 heavy (non-hydrogen) atoms. The Morgan fingerprint density at radius 2 is 1.64 bits per heavy atom. The first-order chi connectivity index (χ1) is 15.7. The predicted octanol–water partition coefficient (Wildman–Crippen LogP) is 5.08. The van der Waals surface area contributed by atoms with E-state index in [9.17, 15) is 17.8 Å². The van der Waals surface area contributed by atoms with Crippen molar-refractivity contribution < 1.29 is 22.2 Å². The zero-order valence-electron chi connectivity index (χ0n) is 18.0. The number of unbranched alkanes of at least 4 members (excludes halogenated alkanes) is 1. The Kier molecular flexibility index (Phi) is 5.97. The van der Waals surface area contributed by atoms with E-state index in [0.717, 1.165) is 12.8 Å². The number of anilines is 2. The average molecular weight is 465 g/mol. The summed E-state index contributed by atoms with van der Waals surface area (Å²) in [7, 11) is -4.45. The van der Waals surface area contributed by atoms with Gasteiger partial charge in [-0.1, -0.05) is 37.6 Å². The summed E-state index contributed by atoms with van der Waals surface area (Å²) in [4.78, 5) is 13.2. The van der Waals surface area contributed by atoms with Crippen LogP contribution in [0.4, 0.5) is 11.4 Å². The Morgan fingerprint density at radius 3 is 2.30 bits per heavy atom. The molecule has 0 amide bonds. The number of carbonyl (C=O) groups excluding carboxylic acids is 1. The normalized spacial score (nSPS) is 11.7. The van der Waals surface area contributed by atoms with Crippen molar-refractivity contribution in [1.29, 1.82) is 0 Å². The van der Waals surface area contributed by atoms with Gasteiger partial charge in [0.15, 0.2) is 5.78 Å². The molecular formula is C25H24N2O5S. The van der Waals surface area contributed by atoms with Gasteiger partial charge < -0.3 is 15.9 Å². The van der Waals surface area contributed by atoms with E-state index < -0.39 is 10.1 Å². The Hall–Kier alpha value is -3.62. The molecule has 170 valence electrons. The van der Waals surface area contributed by atoms with E-state index in [1.807, 2.05) is 0 Å². The van der Waals surface area contributed by atoms with E-state index in [2.05, 4.69) is 6.92 Å². The highest BCUT2D eigenvalue weighted by Crippen LogP contribution is 2.33. The number of rotatable bonds is 7. The minimum Gasteiger partial charge on any atom is -0.460 e. The van der Waals surface area contributed by atoms with E-state index in [1.165, 1.54) is 18.2 Å². The van der Waals surface area contributed by atoms with Crippen molar-refractivity contribution in [3.05, 3.63) is 77.6 Å². The summed E-state index contributed by atoms with van der Waals surface area (Å²) in [5, 5.41) is 0.666. The van der Waals surface area contributed by atoms with E-state index in [0.29, 0.717) is 51.2 Å². The van der Waals surface area contributed by atoms with Crippen LogP contribution in [0.5, 0.6) is 0 Å². The first kappa shape index (κ1) is 22.6. The molecule has 0 saturated heterocycles. The van der Waals surface area contributed by atoms with Crippen LogP contribution in [0.25, 0.3) is 22.1 Å². The van der Waals surface area contributed by atoms with Crippen molar-refractivity contribution in [2.24, 2.45) is 0 Å². The molecule has 0 unspecified atom stereocenters. The lowest BCUT2D eigenvalue weighted by Gasteiger charge is -2.10. The molecule has 0 radical (unpaired) electrons. The topological polar surface area (TPSA) is 137 Å². The molecule has 4 aromatic rings. The van der Waals surface area contributed by atoms with Gasteiger partial charge in [-0.05, 0) is 48.4 Å². The van der Waals surface area contributed by atoms with Crippen LogP contribution in [0, 0.1) is 0 Å². The molecule has 0 aliphatic heterocycles. The highest BCUT2D eigenvalue weighted by atomic mass is 32.2. The first-order valence-electron chi connectivity index (χ1n) is 10.5. The highest BCUT2D eigenvalue weighted by molar-refractivity contribution is 7.86. The fourth-order valence-electron chi connectivity index (χ4n) is 3.87. The molecule has 4 rings (SSSR count). The lowest BCUT2D eigenvalue weighted by atomic mass is 9.96. The molecular weight excluding hydrogens is 440 g/mol. The quantitative estimate of drug-likeness (QED) is 0.197. The van der Waals surface area contributed by atoms with Crippen molar-refractivity contribution >= 4 is 38.2 Å². The van der Waals surface area contributed by atoms with Crippen LogP contribution in [0.15, 0.2) is 70.0 Å². The van der Waals surface area contributed by atoms with Gasteiger partial charge in [-0.3, -0.25) is 9.35 Å². The van der Waals surface area contributed by atoms with E-state index in [-0.39, 0.29) is 16.2 Å². The van der Waals surface area contributed by atoms with Crippen molar-refractivity contribution in [1.82, 2.24) is 0 Å². The molecule has 7 nitrogen and oxygen atoms in total. The van der Waals surface area contributed by atoms with Gasteiger partial charge in [0.25, 0.3) is 10.1 Å². The van der Waals surface area contributed by atoms with Gasteiger partial charge in [0.2, 0.25) is 0 Å². The maximum absolute atomic E-state index is 13.5. The average Bonchev–Trinajstić information content (AvgIpc) is 3.13. The van der Waals surface area contributed by atoms with Crippen LogP contribution < -0.4 is 11.5 Å². The zero-order chi connectivity index (χ0) is 23.8. The van der Waals surface area contributed by atoms with Crippen LogP contribution in [0.3, 0.4) is 0 Å². The second kappa shape index (κ2) is 8.73. The van der Waals surface area contributed by atoms with Crippen molar-refractivity contribution in [2.75, 3.05) is 11.5 Å². The molecule has 0 bridgehead atoms. The van der Waals surface area contributed by atoms with E-state index >= 15 is 0 Å². The number of nitrogen functional groups attached to an aromatic ring is 2. The SMILES string of the molecule is CCCCc1oc2ccc(N)cc2c1C(=O)c1ccc(-c2cc(N)ccc2S(=O)(=O)O)cc1. The number of furan rings is 1. The zero-order valence-corrected chi connectivity index (χ0v) is 18.9. The summed E-state index contributed by atoms with van der Waals surface area (Å²) in [6.45, 7) is 2.07. The van der Waals surface area contributed by atoms with E-state index in [4.69, 9.17) is 15.9 Å². The number of ketones is 1. The number of carbonyl (C=O) groups is 1. The Labute approximate surface area is 191 Å². The number of benzene rings is 3. The third-order valence-electron chi connectivity index (χ3n) is 5.51. The second-order valence-corrected chi connectivity index (χ2v) is 9.29. The molecule has 0 saturated carbocycles. The maximum atomic E-state index is 13.5. The van der Waals surface area contributed by atoms with Crippen LogP contribution in [-0.2, 0) is 16.5 Å². The molecule has 3 aromatic carbocycles. The predicted molar refractivity (Wildman–Crippen MR) is 129 cm³/mol. The third-order valence-corrected chi connectivity index (χ3v) is 6.42. The summed E-state index contributed by atoms with van der Waals surface area (Å²) in [6, 6.07) is 15.8. The Bertz CT molecular complexity index is 1450. The molecule has 1 heterocycles. The minimum absolute atomic E-state index is 0.209. The summed E-state index contributed by atoms with van der Waals surface area (Å²) >= 11 is 0. The van der Waals surface area contributed by atoms with E-state index in [1.54, 1.807) is 42.5 Å². The number of fused-ring (bicyclic) bond motifs is 1. The smallest absolute Gasteiger partial charge is 0.295 e. The standard InChI is InChI=1S/C25H24N2O5S/c1-2-3-4-22-24(20-14-17(26)9-11-21(20)32-22)25(28)16-7-5-15(6-8-16)19-13-18(27)10-12-23(19)33(29,30)31/h5-14H,2-4,26-27H2,1H3,(H,29,30,31). The van der Waals surface area contributed by atoms with Crippen LogP contribution in [0.2, 0.25) is 0 Å². The van der Waals surface area contributed by atoms with Crippen molar-refractivity contribution in [3.8, 4) is 11.1 Å². The third kappa shape index (κ3) is 4.48. The molecule has 0 aliphatic rings. The lowest BCUT2D eigenvalue weighted by Crippen LogP contribution is -2.05. The number of aryl methyl sites for hydroxylation is 1. The second-order valence-electron chi connectivity index (χ2n) is 7.90. The van der Waals surface area contributed by atoms with Gasteiger partial charge in [0.05, 0.1) is 5.56 Å². The summed E-state index contributed by atoms with van der Waals surface area (Å²) < 4.78 is 39.1. The number of nitrogens with two attached hydrogens (primary N) is 2. The monoisotopic (exact) mass is 464 g/mol. The molecule has 0 spiro atoms. The summed E-state index contributed by atoms with van der Waals surface area (Å²) in [6.07, 6.45) is 2.46. The summed E-state index contributed by atoms with van der Waals surface area (Å²) in [5.41, 5.74) is 14.9. The lowest BCUT2D eigenvalue weighted by molar-refractivity contribution is 0.103. The molecule has 8 heteroatoms. The molecule has 5 N–H and O–H groups in total. The molecule has 0 fully saturated rings. The van der Waals surface area contributed by atoms with Crippen LogP contribution in [0.1, 0.15) is 41.4 Å². The fourth-order valence-corrected chi connectivity index (χ4v) is 4.57.